The predicted molar refractivity (Wildman–Crippen MR) is 190 cm³/mol. The van der Waals surface area contributed by atoms with E-state index < -0.39 is 29.0 Å². The van der Waals surface area contributed by atoms with Gasteiger partial charge in [-0.1, -0.05) is 0 Å². The van der Waals surface area contributed by atoms with E-state index in [9.17, 15) is 28.8 Å². The first-order valence-electron chi connectivity index (χ1n) is 21.1. The fraction of sp³-hybridized carbons (Fsp3) is 0.850. The molecule has 55 heavy (non-hydrogen) atoms. The Hall–Kier alpha value is -3.30. The van der Waals surface area contributed by atoms with Crippen molar-refractivity contribution in [2.24, 2.45) is 53.3 Å². The Labute approximate surface area is 318 Å². The van der Waals surface area contributed by atoms with E-state index in [0.717, 1.165) is 58.6 Å². The van der Waals surface area contributed by atoms with Gasteiger partial charge >= 0.3 is 35.0 Å². The van der Waals surface area contributed by atoms with Crippen molar-refractivity contribution in [3.8, 4) is 0 Å². The van der Waals surface area contributed by atoms with Gasteiger partial charge in [0.1, 0.15) is 0 Å². The summed E-state index contributed by atoms with van der Waals surface area (Å²) in [4.78, 5) is 78.9. The quantitative estimate of drug-likeness (QED) is 0.120. The maximum Gasteiger partial charge on any atom is 0.336 e. The van der Waals surface area contributed by atoms with Crippen molar-refractivity contribution < 1.29 is 42.8 Å². The smallest absolute Gasteiger partial charge is 0.336 e. The highest BCUT2D eigenvalue weighted by atomic mass is 16.6. The van der Waals surface area contributed by atoms with Crippen LogP contribution in [0.3, 0.4) is 0 Å². The molecule has 10 fully saturated rings. The monoisotopic (exact) mass is 767 g/mol. The van der Waals surface area contributed by atoms with Crippen LogP contribution in [0.4, 0.5) is 0 Å². The van der Waals surface area contributed by atoms with Gasteiger partial charge in [-0.25, -0.2) is 28.1 Å². The summed E-state index contributed by atoms with van der Waals surface area (Å²) in [7, 11) is 0. The zero-order valence-corrected chi connectivity index (χ0v) is 31.3. The molecule has 10 aliphatic rings. The maximum absolute atomic E-state index is 13.6. The lowest BCUT2D eigenvalue weighted by atomic mass is 9.77. The molecule has 1 aromatic rings. The van der Waals surface area contributed by atoms with Crippen LogP contribution >= 0.6 is 0 Å². The first-order chi connectivity index (χ1) is 26.7. The van der Waals surface area contributed by atoms with Crippen molar-refractivity contribution >= 4 is 17.9 Å². The van der Waals surface area contributed by atoms with Gasteiger partial charge in [0, 0.05) is 44.8 Å². The van der Waals surface area contributed by atoms with Crippen molar-refractivity contribution in [1.82, 2.24) is 13.7 Å². The summed E-state index contributed by atoms with van der Waals surface area (Å²) in [5.74, 6) is 3.00. The summed E-state index contributed by atoms with van der Waals surface area (Å²) in [6.45, 7) is 0.799. The van der Waals surface area contributed by atoms with E-state index in [4.69, 9.17) is 28.4 Å². The van der Waals surface area contributed by atoms with Crippen LogP contribution in [0.2, 0.25) is 0 Å². The SMILES string of the molecule is O=C(CCCn1c(=O)n(CCCC(=O)OCC2CC3CC2C2OC32)c(=O)n(CCCC(=O)OCC2CC3CC2C2OC32)c1=O)OCC1CC2C[C@@H]3OC2C3C1. The second kappa shape index (κ2) is 14.3. The molecule has 4 saturated heterocycles. The number of epoxide rings is 2. The zero-order valence-electron chi connectivity index (χ0n) is 31.3. The first-order valence-corrected chi connectivity index (χ1v) is 21.1. The van der Waals surface area contributed by atoms with Crippen LogP contribution in [0.5, 0.6) is 0 Å². The van der Waals surface area contributed by atoms with Crippen LogP contribution in [0.15, 0.2) is 14.4 Å². The summed E-state index contributed by atoms with van der Waals surface area (Å²) in [6.07, 6.45) is 10.2. The second-order valence-corrected chi connectivity index (χ2v) is 18.2. The van der Waals surface area contributed by atoms with E-state index >= 15 is 0 Å². The number of nitrogens with zero attached hydrogens (tertiary/aromatic N) is 3. The van der Waals surface area contributed by atoms with Gasteiger partial charge in [0.15, 0.2) is 0 Å². The van der Waals surface area contributed by atoms with Gasteiger partial charge in [0.2, 0.25) is 0 Å². The highest BCUT2D eigenvalue weighted by Gasteiger charge is 2.64. The van der Waals surface area contributed by atoms with Gasteiger partial charge in [0.25, 0.3) is 0 Å². The molecular formula is C40H53N3O12. The number of hydrogen-bond donors (Lipinski definition) is 0. The molecule has 15 atom stereocenters. The van der Waals surface area contributed by atoms with Gasteiger partial charge in [-0.05, 0) is 112 Å². The lowest BCUT2D eigenvalue weighted by Crippen LogP contribution is -2.54. The molecule has 0 radical (unpaired) electrons. The number of ether oxygens (including phenoxy) is 6. The van der Waals surface area contributed by atoms with Crippen LogP contribution in [-0.4, -0.2) is 88.1 Å². The topological polar surface area (TPSA) is 179 Å². The number of esters is 3. The summed E-state index contributed by atoms with van der Waals surface area (Å²) >= 11 is 0. The number of aromatic nitrogens is 3. The zero-order chi connectivity index (χ0) is 37.5. The molecule has 15 nitrogen and oxygen atoms in total. The van der Waals surface area contributed by atoms with E-state index in [1.807, 2.05) is 0 Å². The van der Waals surface area contributed by atoms with Crippen LogP contribution in [-0.2, 0) is 62.4 Å². The molecular weight excluding hydrogens is 714 g/mol. The van der Waals surface area contributed by atoms with E-state index in [0.29, 0.717) is 110 Å². The van der Waals surface area contributed by atoms with E-state index in [-0.39, 0.29) is 64.1 Å². The molecule has 0 aromatic carbocycles. The number of carbonyl (C=O) groups excluding carboxylic acids is 3. The van der Waals surface area contributed by atoms with Gasteiger partial charge in [-0.3, -0.25) is 14.4 Å². The molecule has 14 unspecified atom stereocenters. The van der Waals surface area contributed by atoms with Crippen molar-refractivity contribution in [3.63, 3.8) is 0 Å². The Morgan fingerprint density at radius 2 is 0.945 bits per heavy atom. The Kier molecular flexibility index (Phi) is 9.35. The second-order valence-electron chi connectivity index (χ2n) is 18.2. The molecule has 1 aromatic heterocycles. The van der Waals surface area contributed by atoms with Crippen molar-refractivity contribution in [1.29, 1.82) is 0 Å². The molecule has 11 rings (SSSR count). The van der Waals surface area contributed by atoms with E-state index in [1.54, 1.807) is 0 Å². The molecule has 15 heteroatoms. The van der Waals surface area contributed by atoms with Crippen molar-refractivity contribution in [3.05, 3.63) is 31.5 Å². The molecule has 300 valence electrons. The minimum Gasteiger partial charge on any atom is -0.465 e. The predicted octanol–water partition coefficient (Wildman–Crippen LogP) is 1.80. The first kappa shape index (κ1) is 36.1. The molecule has 6 aliphatic carbocycles. The third-order valence-corrected chi connectivity index (χ3v) is 15.0. The Balaban J connectivity index is 0.735. The summed E-state index contributed by atoms with van der Waals surface area (Å²) in [5, 5.41) is 0. The fourth-order valence-electron chi connectivity index (χ4n) is 12.3. The highest BCUT2D eigenvalue weighted by Crippen LogP contribution is 2.60. The average Bonchev–Trinajstić information content (AvgIpc) is 3.82. The molecule has 6 saturated carbocycles. The summed E-state index contributed by atoms with van der Waals surface area (Å²) < 4.78 is 37.0. The molecule has 5 heterocycles. The average molecular weight is 768 g/mol. The number of fused-ring (bicyclic) bond motifs is 10. The molecule has 8 bridgehead atoms. The Bertz CT molecular complexity index is 1780. The molecule has 4 aliphatic heterocycles. The molecule has 0 amide bonds. The minimum absolute atomic E-state index is 0.0129. The fourth-order valence-corrected chi connectivity index (χ4v) is 12.3. The van der Waals surface area contributed by atoms with Crippen LogP contribution < -0.4 is 17.1 Å². The summed E-state index contributed by atoms with van der Waals surface area (Å²) in [6, 6.07) is 0. The van der Waals surface area contributed by atoms with Gasteiger partial charge < -0.3 is 28.4 Å². The van der Waals surface area contributed by atoms with Crippen LogP contribution in [0.25, 0.3) is 0 Å². The van der Waals surface area contributed by atoms with Crippen LogP contribution in [0, 0.1) is 53.3 Å². The van der Waals surface area contributed by atoms with Gasteiger partial charge in [-0.2, -0.15) is 0 Å². The minimum atomic E-state index is -0.793. The highest BCUT2D eigenvalue weighted by molar-refractivity contribution is 5.70. The normalized spacial score (nSPS) is 40.0. The van der Waals surface area contributed by atoms with Crippen molar-refractivity contribution in [2.45, 2.75) is 140 Å². The summed E-state index contributed by atoms with van der Waals surface area (Å²) in [5.41, 5.74) is -2.38. The maximum atomic E-state index is 13.6. The molecule has 0 N–H and O–H groups in total. The van der Waals surface area contributed by atoms with E-state index in [2.05, 4.69) is 0 Å². The Morgan fingerprint density at radius 1 is 0.491 bits per heavy atom. The number of hydrogen-bond acceptors (Lipinski definition) is 12. The van der Waals surface area contributed by atoms with E-state index in [1.165, 1.54) is 0 Å². The third-order valence-electron chi connectivity index (χ3n) is 15.0. The van der Waals surface area contributed by atoms with Crippen LogP contribution in [0.1, 0.15) is 83.5 Å². The largest absolute Gasteiger partial charge is 0.465 e. The van der Waals surface area contributed by atoms with Gasteiger partial charge in [0.05, 0.1) is 56.4 Å². The number of rotatable bonds is 18. The van der Waals surface area contributed by atoms with Crippen molar-refractivity contribution in [2.75, 3.05) is 19.8 Å². The van der Waals surface area contributed by atoms with Gasteiger partial charge in [-0.15, -0.1) is 0 Å². The third kappa shape index (κ3) is 6.73. The standard InChI is InChI=1S/C40H53N3O12/c44-30(50-17-20-10-21-16-29-28(11-20)33(21)53-29)4-1-7-41-38(47)42(8-2-5-31(45)51-18-24-12-22-14-26(24)36-34(22)54-36)40(49)43(39(41)48)9-3-6-32(46)52-19-25-13-23-15-27(25)37-35(23)55-37/h20-29,33-37H,1-19H2/t20?,21?,22?,23?,24?,25?,26?,27?,28?,29-,33?,34?,35?,36?,37?/m0/s1. The lowest BCUT2D eigenvalue weighted by Gasteiger charge is -2.43. The lowest BCUT2D eigenvalue weighted by molar-refractivity contribution is -0.166. The molecule has 0 spiro atoms. The Morgan fingerprint density at radius 3 is 1.38 bits per heavy atom. The number of carbonyl (C=O) groups is 3.